The molecule has 1 unspecified atom stereocenters. The highest BCUT2D eigenvalue weighted by molar-refractivity contribution is 7.98. The summed E-state index contributed by atoms with van der Waals surface area (Å²) in [4.78, 5) is 4.48. The van der Waals surface area contributed by atoms with Crippen molar-refractivity contribution in [3.05, 3.63) is 30.1 Å². The van der Waals surface area contributed by atoms with E-state index in [9.17, 15) is 0 Å². The first kappa shape index (κ1) is 11.0. The monoisotopic (exact) mass is 222 g/mol. The normalized spacial score (nSPS) is 20.1. The Labute approximate surface area is 95.9 Å². The summed E-state index contributed by atoms with van der Waals surface area (Å²) in [7, 11) is 0. The van der Waals surface area contributed by atoms with Gasteiger partial charge in [-0.1, -0.05) is 6.07 Å². The highest BCUT2D eigenvalue weighted by Crippen LogP contribution is 2.37. The molecular weight excluding hydrogens is 204 g/mol. The Balaban J connectivity index is 2.09. The van der Waals surface area contributed by atoms with Gasteiger partial charge in [0.05, 0.1) is 5.69 Å². The maximum atomic E-state index is 4.48. The predicted octanol–water partition coefficient (Wildman–Crippen LogP) is 2.49. The third-order valence-electron chi connectivity index (χ3n) is 3.05. The van der Waals surface area contributed by atoms with E-state index in [-0.39, 0.29) is 0 Å². The molecule has 1 atom stereocenters. The SMILES string of the molecule is CSC(c1ccccn1)C1CCNCC1. The largest absolute Gasteiger partial charge is 0.317 e. The highest BCUT2D eigenvalue weighted by atomic mass is 32.2. The molecule has 1 saturated heterocycles. The molecule has 1 aromatic rings. The maximum absolute atomic E-state index is 4.48. The Morgan fingerprint density at radius 2 is 2.20 bits per heavy atom. The summed E-state index contributed by atoms with van der Waals surface area (Å²) in [5.41, 5.74) is 1.25. The molecule has 2 nitrogen and oxygen atoms in total. The molecule has 1 aromatic heterocycles. The van der Waals surface area contributed by atoms with E-state index in [2.05, 4.69) is 28.7 Å². The lowest BCUT2D eigenvalue weighted by molar-refractivity contribution is 0.365. The quantitative estimate of drug-likeness (QED) is 0.850. The predicted molar refractivity (Wildman–Crippen MR) is 66.1 cm³/mol. The van der Waals surface area contributed by atoms with Crippen LogP contribution >= 0.6 is 11.8 Å². The van der Waals surface area contributed by atoms with E-state index in [4.69, 9.17) is 0 Å². The number of hydrogen-bond donors (Lipinski definition) is 1. The molecule has 15 heavy (non-hydrogen) atoms. The standard InChI is InChI=1S/C12H18N2S/c1-15-12(10-5-8-13-9-6-10)11-4-2-3-7-14-11/h2-4,7,10,12-13H,5-6,8-9H2,1H3. The van der Waals surface area contributed by atoms with E-state index in [1.54, 1.807) is 0 Å². The summed E-state index contributed by atoms with van der Waals surface area (Å²) in [6, 6.07) is 6.24. The summed E-state index contributed by atoms with van der Waals surface area (Å²) in [5.74, 6) is 0.788. The minimum Gasteiger partial charge on any atom is -0.317 e. The summed E-state index contributed by atoms with van der Waals surface area (Å²) in [5, 5.41) is 3.99. The van der Waals surface area contributed by atoms with Gasteiger partial charge < -0.3 is 5.32 Å². The van der Waals surface area contributed by atoms with Crippen molar-refractivity contribution in [1.29, 1.82) is 0 Å². The van der Waals surface area contributed by atoms with Crippen LogP contribution in [0.15, 0.2) is 24.4 Å². The van der Waals surface area contributed by atoms with Gasteiger partial charge in [0.2, 0.25) is 0 Å². The first-order chi connectivity index (χ1) is 7.42. The number of nitrogens with one attached hydrogen (secondary N) is 1. The lowest BCUT2D eigenvalue weighted by Crippen LogP contribution is -2.30. The zero-order valence-electron chi connectivity index (χ0n) is 9.15. The molecule has 0 saturated carbocycles. The van der Waals surface area contributed by atoms with Gasteiger partial charge in [-0.25, -0.2) is 0 Å². The van der Waals surface area contributed by atoms with Gasteiger partial charge in [-0.05, 0) is 50.2 Å². The zero-order valence-corrected chi connectivity index (χ0v) is 9.96. The van der Waals surface area contributed by atoms with Crippen LogP contribution in [-0.4, -0.2) is 24.3 Å². The van der Waals surface area contributed by atoms with Crippen molar-refractivity contribution in [3.63, 3.8) is 0 Å². The number of aromatic nitrogens is 1. The van der Waals surface area contributed by atoms with Gasteiger partial charge >= 0.3 is 0 Å². The molecule has 0 aromatic carbocycles. The number of thioether (sulfide) groups is 1. The number of hydrogen-bond acceptors (Lipinski definition) is 3. The van der Waals surface area contributed by atoms with E-state index >= 15 is 0 Å². The topological polar surface area (TPSA) is 24.9 Å². The summed E-state index contributed by atoms with van der Waals surface area (Å²) in [6.07, 6.45) is 6.66. The smallest absolute Gasteiger partial charge is 0.0536 e. The molecule has 0 radical (unpaired) electrons. The van der Waals surface area contributed by atoms with Crippen molar-refractivity contribution in [2.24, 2.45) is 5.92 Å². The Morgan fingerprint density at radius 3 is 2.80 bits per heavy atom. The third-order valence-corrected chi connectivity index (χ3v) is 4.18. The number of rotatable bonds is 3. The average Bonchev–Trinajstić information content (AvgIpc) is 2.33. The summed E-state index contributed by atoms with van der Waals surface area (Å²) < 4.78 is 0. The molecule has 1 aliphatic heterocycles. The first-order valence-corrected chi connectivity index (χ1v) is 6.85. The van der Waals surface area contributed by atoms with Gasteiger partial charge in [0.25, 0.3) is 0 Å². The molecule has 0 amide bonds. The van der Waals surface area contributed by atoms with Crippen molar-refractivity contribution < 1.29 is 0 Å². The molecule has 0 spiro atoms. The minimum absolute atomic E-state index is 0.577. The van der Waals surface area contributed by atoms with Gasteiger partial charge in [0, 0.05) is 11.4 Å². The van der Waals surface area contributed by atoms with Crippen molar-refractivity contribution in [2.75, 3.05) is 19.3 Å². The van der Waals surface area contributed by atoms with E-state index in [0.29, 0.717) is 5.25 Å². The molecule has 2 rings (SSSR count). The molecule has 1 fully saturated rings. The molecule has 82 valence electrons. The third kappa shape index (κ3) is 2.73. The summed E-state index contributed by atoms with van der Waals surface area (Å²) in [6.45, 7) is 2.32. The molecule has 0 bridgehead atoms. The molecule has 0 aliphatic carbocycles. The van der Waals surface area contributed by atoms with E-state index in [1.165, 1.54) is 18.5 Å². The Kier molecular flexibility index (Phi) is 4.03. The van der Waals surface area contributed by atoms with Crippen molar-refractivity contribution in [3.8, 4) is 0 Å². The van der Waals surface area contributed by atoms with Crippen LogP contribution in [0.5, 0.6) is 0 Å². The second-order valence-electron chi connectivity index (χ2n) is 4.00. The molecule has 3 heteroatoms. The maximum Gasteiger partial charge on any atom is 0.0536 e. The van der Waals surface area contributed by atoms with E-state index in [1.807, 2.05) is 24.0 Å². The fourth-order valence-corrected chi connectivity index (χ4v) is 3.28. The van der Waals surface area contributed by atoms with Crippen LogP contribution in [0, 0.1) is 5.92 Å². The van der Waals surface area contributed by atoms with Gasteiger partial charge in [0.15, 0.2) is 0 Å². The van der Waals surface area contributed by atoms with Gasteiger partial charge in [-0.3, -0.25) is 4.98 Å². The van der Waals surface area contributed by atoms with Crippen molar-refractivity contribution >= 4 is 11.8 Å². The molecule has 1 N–H and O–H groups in total. The minimum atomic E-state index is 0.577. The van der Waals surface area contributed by atoms with Gasteiger partial charge in [-0.2, -0.15) is 11.8 Å². The average molecular weight is 222 g/mol. The van der Waals surface area contributed by atoms with Crippen LogP contribution in [0.1, 0.15) is 23.8 Å². The lowest BCUT2D eigenvalue weighted by Gasteiger charge is -2.29. The second-order valence-corrected chi connectivity index (χ2v) is 4.98. The fraction of sp³-hybridized carbons (Fsp3) is 0.583. The van der Waals surface area contributed by atoms with Crippen LogP contribution in [0.25, 0.3) is 0 Å². The highest BCUT2D eigenvalue weighted by Gasteiger charge is 2.24. The van der Waals surface area contributed by atoms with Gasteiger partial charge in [-0.15, -0.1) is 0 Å². The number of pyridine rings is 1. The van der Waals surface area contributed by atoms with Crippen LogP contribution in [0.2, 0.25) is 0 Å². The van der Waals surface area contributed by atoms with Crippen LogP contribution in [0.3, 0.4) is 0 Å². The molecule has 2 heterocycles. The van der Waals surface area contributed by atoms with Gasteiger partial charge in [0.1, 0.15) is 0 Å². The van der Waals surface area contributed by atoms with Crippen molar-refractivity contribution in [2.45, 2.75) is 18.1 Å². The molecular formula is C12H18N2S. The van der Waals surface area contributed by atoms with Crippen LogP contribution in [0.4, 0.5) is 0 Å². The summed E-state index contributed by atoms with van der Waals surface area (Å²) >= 11 is 1.94. The van der Waals surface area contributed by atoms with E-state index in [0.717, 1.165) is 19.0 Å². The Hall–Kier alpha value is -0.540. The Bertz CT molecular complexity index is 283. The number of piperidine rings is 1. The fourth-order valence-electron chi connectivity index (χ4n) is 2.25. The zero-order chi connectivity index (χ0) is 10.5. The first-order valence-electron chi connectivity index (χ1n) is 5.56. The van der Waals surface area contributed by atoms with Crippen LogP contribution in [-0.2, 0) is 0 Å². The number of nitrogens with zero attached hydrogens (tertiary/aromatic N) is 1. The lowest BCUT2D eigenvalue weighted by atomic mass is 9.92. The van der Waals surface area contributed by atoms with E-state index < -0.39 is 0 Å². The molecule has 1 aliphatic rings. The van der Waals surface area contributed by atoms with Crippen molar-refractivity contribution in [1.82, 2.24) is 10.3 Å². The van der Waals surface area contributed by atoms with Crippen LogP contribution < -0.4 is 5.32 Å². The Morgan fingerprint density at radius 1 is 1.40 bits per heavy atom. The second kappa shape index (κ2) is 5.52.